The Balaban J connectivity index is 1.81. The van der Waals surface area contributed by atoms with Gasteiger partial charge < -0.3 is 0 Å². The summed E-state index contributed by atoms with van der Waals surface area (Å²) >= 11 is 0. The van der Waals surface area contributed by atoms with E-state index in [1.54, 1.807) is 0 Å². The van der Waals surface area contributed by atoms with Crippen LogP contribution in [0.1, 0.15) is 18.4 Å². The second-order valence-electron chi connectivity index (χ2n) is 4.92. The van der Waals surface area contributed by atoms with E-state index in [0.29, 0.717) is 12.5 Å². The van der Waals surface area contributed by atoms with Gasteiger partial charge in [-0.3, -0.25) is 0 Å². The maximum absolute atomic E-state index is 13.1. The molecule has 0 unspecified atom stereocenters. The van der Waals surface area contributed by atoms with Crippen LogP contribution < -0.4 is 4.72 Å². The van der Waals surface area contributed by atoms with E-state index in [4.69, 9.17) is 0 Å². The molecule has 0 aliphatic heterocycles. The van der Waals surface area contributed by atoms with Crippen molar-refractivity contribution >= 4 is 10.0 Å². The first-order chi connectivity index (χ1) is 10.5. The van der Waals surface area contributed by atoms with Crippen molar-refractivity contribution in [2.75, 3.05) is 6.54 Å². The van der Waals surface area contributed by atoms with Crippen LogP contribution in [0, 0.1) is 11.6 Å². The van der Waals surface area contributed by atoms with E-state index >= 15 is 0 Å². The van der Waals surface area contributed by atoms with E-state index in [1.807, 2.05) is 30.3 Å². The molecular formula is C16H17F2NO2S. The molecule has 0 amide bonds. The highest BCUT2D eigenvalue weighted by Gasteiger charge is 2.15. The van der Waals surface area contributed by atoms with Crippen LogP contribution in [-0.4, -0.2) is 15.0 Å². The van der Waals surface area contributed by atoms with Gasteiger partial charge >= 0.3 is 0 Å². The molecule has 1 N–H and O–H groups in total. The Kier molecular flexibility index (Phi) is 5.63. The Hall–Kier alpha value is -1.79. The molecule has 118 valence electrons. The number of unbranched alkanes of at least 4 members (excludes halogenated alkanes) is 1. The molecule has 2 aromatic rings. The molecular weight excluding hydrogens is 308 g/mol. The van der Waals surface area contributed by atoms with E-state index in [2.05, 4.69) is 4.72 Å². The third kappa shape index (κ3) is 4.61. The minimum absolute atomic E-state index is 0.258. The highest BCUT2D eigenvalue weighted by atomic mass is 32.2. The third-order valence-electron chi connectivity index (χ3n) is 3.23. The summed E-state index contributed by atoms with van der Waals surface area (Å²) < 4.78 is 52.1. The predicted octanol–water partition coefficient (Wildman–Crippen LogP) is 3.27. The molecule has 0 heterocycles. The fraction of sp³-hybridized carbons (Fsp3) is 0.250. The number of hydrogen-bond acceptors (Lipinski definition) is 2. The largest absolute Gasteiger partial charge is 0.240 e. The van der Waals surface area contributed by atoms with Crippen molar-refractivity contribution < 1.29 is 17.2 Å². The number of nitrogens with one attached hydrogen (secondary N) is 1. The van der Waals surface area contributed by atoms with Gasteiger partial charge in [-0.1, -0.05) is 30.3 Å². The van der Waals surface area contributed by atoms with Gasteiger partial charge in [0.1, 0.15) is 0 Å². The maximum Gasteiger partial charge on any atom is 0.240 e. The average Bonchev–Trinajstić information content (AvgIpc) is 2.50. The van der Waals surface area contributed by atoms with Crippen LogP contribution in [-0.2, 0) is 16.4 Å². The number of aryl methyl sites for hydroxylation is 1. The minimum atomic E-state index is -3.80. The van der Waals surface area contributed by atoms with E-state index < -0.39 is 21.7 Å². The highest BCUT2D eigenvalue weighted by Crippen LogP contribution is 2.13. The lowest BCUT2D eigenvalue weighted by molar-refractivity contribution is 0.504. The van der Waals surface area contributed by atoms with Crippen LogP contribution in [0.3, 0.4) is 0 Å². The average molecular weight is 325 g/mol. The van der Waals surface area contributed by atoms with Crippen molar-refractivity contribution in [3.63, 3.8) is 0 Å². The highest BCUT2D eigenvalue weighted by molar-refractivity contribution is 7.89. The monoisotopic (exact) mass is 325 g/mol. The van der Waals surface area contributed by atoms with Crippen molar-refractivity contribution in [3.8, 4) is 0 Å². The summed E-state index contributed by atoms with van der Waals surface area (Å²) in [6.45, 7) is 0.258. The van der Waals surface area contributed by atoms with E-state index in [9.17, 15) is 17.2 Å². The van der Waals surface area contributed by atoms with Gasteiger partial charge in [-0.25, -0.2) is 21.9 Å². The number of sulfonamides is 1. The van der Waals surface area contributed by atoms with Gasteiger partial charge in [0, 0.05) is 6.54 Å². The van der Waals surface area contributed by atoms with Gasteiger partial charge in [0.15, 0.2) is 11.6 Å². The Bertz CT molecular complexity index is 718. The molecule has 2 rings (SSSR count). The van der Waals surface area contributed by atoms with Crippen LogP contribution >= 0.6 is 0 Å². The predicted molar refractivity (Wildman–Crippen MR) is 80.9 cm³/mol. The molecule has 0 saturated carbocycles. The maximum atomic E-state index is 13.1. The first-order valence-electron chi connectivity index (χ1n) is 6.98. The number of benzene rings is 2. The van der Waals surface area contributed by atoms with Crippen LogP contribution in [0.5, 0.6) is 0 Å². The van der Waals surface area contributed by atoms with Gasteiger partial charge in [0.2, 0.25) is 10.0 Å². The second kappa shape index (κ2) is 7.47. The molecule has 0 fully saturated rings. The quantitative estimate of drug-likeness (QED) is 0.794. The molecule has 6 heteroatoms. The van der Waals surface area contributed by atoms with E-state index in [0.717, 1.165) is 25.0 Å². The molecule has 0 aliphatic rings. The first-order valence-corrected chi connectivity index (χ1v) is 8.46. The molecule has 0 bridgehead atoms. The molecule has 0 radical (unpaired) electrons. The fourth-order valence-electron chi connectivity index (χ4n) is 2.03. The lowest BCUT2D eigenvalue weighted by atomic mass is 10.1. The number of hydrogen-bond donors (Lipinski definition) is 1. The zero-order valence-corrected chi connectivity index (χ0v) is 12.7. The van der Waals surface area contributed by atoms with Crippen molar-refractivity contribution in [1.82, 2.24) is 4.72 Å². The van der Waals surface area contributed by atoms with Crippen LogP contribution in [0.15, 0.2) is 53.4 Å². The molecule has 0 aliphatic carbocycles. The Morgan fingerprint density at radius 2 is 1.64 bits per heavy atom. The van der Waals surface area contributed by atoms with Gasteiger partial charge in [0.05, 0.1) is 4.90 Å². The zero-order chi connectivity index (χ0) is 16.0. The smallest absolute Gasteiger partial charge is 0.211 e. The topological polar surface area (TPSA) is 46.2 Å². The molecule has 0 aromatic heterocycles. The molecule has 0 atom stereocenters. The molecule has 0 saturated heterocycles. The Morgan fingerprint density at radius 3 is 2.32 bits per heavy atom. The van der Waals surface area contributed by atoms with Gasteiger partial charge in [-0.05, 0) is 43.0 Å². The third-order valence-corrected chi connectivity index (χ3v) is 4.69. The summed E-state index contributed by atoms with van der Waals surface area (Å²) in [5.41, 5.74) is 1.20. The Morgan fingerprint density at radius 1 is 0.909 bits per heavy atom. The summed E-state index contributed by atoms with van der Waals surface area (Å²) in [5, 5.41) is 0. The molecule has 2 aromatic carbocycles. The van der Waals surface area contributed by atoms with Gasteiger partial charge in [0.25, 0.3) is 0 Å². The molecule has 22 heavy (non-hydrogen) atoms. The SMILES string of the molecule is O=S(=O)(NCCCCc1ccccc1)c1ccc(F)c(F)c1. The van der Waals surface area contributed by atoms with E-state index in [1.165, 1.54) is 5.56 Å². The summed E-state index contributed by atoms with van der Waals surface area (Å²) in [7, 11) is -3.80. The van der Waals surface area contributed by atoms with Crippen molar-refractivity contribution in [2.45, 2.75) is 24.2 Å². The van der Waals surface area contributed by atoms with Crippen molar-refractivity contribution in [3.05, 3.63) is 65.7 Å². The summed E-state index contributed by atoms with van der Waals surface area (Å²) in [6.07, 6.45) is 2.37. The second-order valence-corrected chi connectivity index (χ2v) is 6.68. The zero-order valence-electron chi connectivity index (χ0n) is 11.9. The summed E-state index contributed by atoms with van der Waals surface area (Å²) in [5.74, 6) is -2.24. The lowest BCUT2D eigenvalue weighted by Crippen LogP contribution is -2.25. The summed E-state index contributed by atoms with van der Waals surface area (Å²) in [6, 6.07) is 12.4. The summed E-state index contributed by atoms with van der Waals surface area (Å²) in [4.78, 5) is -0.269. The standard InChI is InChI=1S/C16H17F2NO2S/c17-15-10-9-14(12-16(15)18)22(20,21)19-11-5-4-8-13-6-2-1-3-7-13/h1-3,6-7,9-10,12,19H,4-5,8,11H2. The normalized spacial score (nSPS) is 11.5. The van der Waals surface area contributed by atoms with Crippen LogP contribution in [0.25, 0.3) is 0 Å². The van der Waals surface area contributed by atoms with Crippen LogP contribution in [0.4, 0.5) is 8.78 Å². The van der Waals surface area contributed by atoms with E-state index in [-0.39, 0.29) is 11.4 Å². The number of halogens is 2. The van der Waals surface area contributed by atoms with Crippen molar-refractivity contribution in [2.24, 2.45) is 0 Å². The van der Waals surface area contributed by atoms with Crippen LogP contribution in [0.2, 0.25) is 0 Å². The fourth-order valence-corrected chi connectivity index (χ4v) is 3.12. The first kappa shape index (κ1) is 16.6. The lowest BCUT2D eigenvalue weighted by Gasteiger charge is -2.07. The molecule has 0 spiro atoms. The number of rotatable bonds is 7. The minimum Gasteiger partial charge on any atom is -0.211 e. The van der Waals surface area contributed by atoms with Crippen molar-refractivity contribution in [1.29, 1.82) is 0 Å². The van der Waals surface area contributed by atoms with Gasteiger partial charge in [-0.15, -0.1) is 0 Å². The molecule has 3 nitrogen and oxygen atoms in total. The van der Waals surface area contributed by atoms with Gasteiger partial charge in [-0.2, -0.15) is 0 Å². The Labute approximate surface area is 129 Å².